The van der Waals surface area contributed by atoms with Gasteiger partial charge in [-0.2, -0.15) is 0 Å². The van der Waals surface area contributed by atoms with Crippen molar-refractivity contribution in [2.24, 2.45) is 5.73 Å². The highest BCUT2D eigenvalue weighted by Crippen LogP contribution is 2.18. The van der Waals surface area contributed by atoms with Gasteiger partial charge in [0.05, 0.1) is 7.11 Å². The Morgan fingerprint density at radius 1 is 1.38 bits per heavy atom. The number of carbonyl (C=O) groups excluding carboxylic acids is 2. The highest BCUT2D eigenvalue weighted by atomic mass is 19.1. The fraction of sp³-hybridized carbons (Fsp3) is 0.273. The number of methoxy groups -OCH3 is 1. The van der Waals surface area contributed by atoms with Crippen LogP contribution >= 0.6 is 0 Å². The molecule has 16 heavy (non-hydrogen) atoms. The zero-order valence-corrected chi connectivity index (χ0v) is 8.83. The van der Waals surface area contributed by atoms with Gasteiger partial charge in [-0.15, -0.1) is 0 Å². The fourth-order valence-electron chi connectivity index (χ4n) is 1.22. The van der Waals surface area contributed by atoms with Crippen LogP contribution in [0.25, 0.3) is 0 Å². The summed E-state index contributed by atoms with van der Waals surface area (Å²) in [5.41, 5.74) is 5.12. The summed E-state index contributed by atoms with van der Waals surface area (Å²) >= 11 is 0. The van der Waals surface area contributed by atoms with Crippen LogP contribution in [0.5, 0.6) is 5.75 Å². The second kappa shape index (κ2) is 5.25. The van der Waals surface area contributed by atoms with Crippen LogP contribution in [0, 0.1) is 5.82 Å². The predicted octanol–water partition coefficient (Wildman–Crippen LogP) is 1.28. The largest absolute Gasteiger partial charge is 0.494 e. The molecule has 0 bridgehead atoms. The maximum absolute atomic E-state index is 13.2. The SMILES string of the molecule is COc1ccc(C(=O)CCC(N)=O)cc1F. The molecule has 2 N–H and O–H groups in total. The average Bonchev–Trinajstić information content (AvgIpc) is 2.25. The first-order valence-corrected chi connectivity index (χ1v) is 4.69. The van der Waals surface area contributed by atoms with Gasteiger partial charge in [0.1, 0.15) is 0 Å². The Hall–Kier alpha value is -1.91. The number of carbonyl (C=O) groups is 2. The van der Waals surface area contributed by atoms with Crippen LogP contribution in [0.4, 0.5) is 4.39 Å². The molecule has 86 valence electrons. The normalized spacial score (nSPS) is 9.88. The van der Waals surface area contributed by atoms with Crippen molar-refractivity contribution < 1.29 is 18.7 Å². The molecule has 1 rings (SSSR count). The van der Waals surface area contributed by atoms with Crippen LogP contribution in [0.2, 0.25) is 0 Å². The van der Waals surface area contributed by atoms with Gasteiger partial charge in [-0.3, -0.25) is 9.59 Å². The number of nitrogens with two attached hydrogens (primary N) is 1. The Morgan fingerprint density at radius 3 is 2.56 bits per heavy atom. The van der Waals surface area contributed by atoms with E-state index < -0.39 is 11.7 Å². The lowest BCUT2D eigenvalue weighted by Crippen LogP contribution is -2.12. The summed E-state index contributed by atoms with van der Waals surface area (Å²) in [5.74, 6) is -1.40. The van der Waals surface area contributed by atoms with E-state index >= 15 is 0 Å². The van der Waals surface area contributed by atoms with Gasteiger partial charge in [-0.05, 0) is 18.2 Å². The molecule has 0 aliphatic rings. The van der Waals surface area contributed by atoms with Crippen LogP contribution in [0.1, 0.15) is 23.2 Å². The summed E-state index contributed by atoms with van der Waals surface area (Å²) in [7, 11) is 1.34. The summed E-state index contributed by atoms with van der Waals surface area (Å²) in [5, 5.41) is 0. The molecule has 4 nitrogen and oxygen atoms in total. The monoisotopic (exact) mass is 225 g/mol. The van der Waals surface area contributed by atoms with E-state index in [1.54, 1.807) is 0 Å². The Bertz CT molecular complexity index is 418. The van der Waals surface area contributed by atoms with E-state index in [4.69, 9.17) is 10.5 Å². The molecule has 1 aromatic carbocycles. The van der Waals surface area contributed by atoms with Crippen molar-refractivity contribution in [1.82, 2.24) is 0 Å². The van der Waals surface area contributed by atoms with Crippen molar-refractivity contribution in [3.05, 3.63) is 29.6 Å². The highest BCUT2D eigenvalue weighted by molar-refractivity contribution is 5.97. The number of hydrogen-bond donors (Lipinski definition) is 1. The quantitative estimate of drug-likeness (QED) is 0.767. The Morgan fingerprint density at radius 2 is 2.06 bits per heavy atom. The van der Waals surface area contributed by atoms with Gasteiger partial charge < -0.3 is 10.5 Å². The van der Waals surface area contributed by atoms with Gasteiger partial charge in [0, 0.05) is 18.4 Å². The minimum absolute atomic E-state index is 0.0128. The van der Waals surface area contributed by atoms with E-state index in [1.165, 1.54) is 19.2 Å². The number of rotatable bonds is 5. The summed E-state index contributed by atoms with van der Waals surface area (Å²) in [4.78, 5) is 22.0. The van der Waals surface area contributed by atoms with Gasteiger partial charge in [0.15, 0.2) is 17.3 Å². The fourth-order valence-corrected chi connectivity index (χ4v) is 1.22. The molecule has 0 unspecified atom stereocenters. The molecule has 0 radical (unpaired) electrons. The molecule has 0 saturated heterocycles. The van der Waals surface area contributed by atoms with E-state index in [-0.39, 0.29) is 29.9 Å². The topological polar surface area (TPSA) is 69.4 Å². The summed E-state index contributed by atoms with van der Waals surface area (Å²) in [6.45, 7) is 0. The van der Waals surface area contributed by atoms with Crippen molar-refractivity contribution in [3.63, 3.8) is 0 Å². The Kier molecular flexibility index (Phi) is 3.99. The lowest BCUT2D eigenvalue weighted by Gasteiger charge is -2.03. The molecule has 0 spiro atoms. The molecular formula is C11H12FNO3. The van der Waals surface area contributed by atoms with Crippen molar-refractivity contribution >= 4 is 11.7 Å². The van der Waals surface area contributed by atoms with Crippen molar-refractivity contribution in [1.29, 1.82) is 0 Å². The van der Waals surface area contributed by atoms with Gasteiger partial charge in [-0.1, -0.05) is 0 Å². The molecule has 0 atom stereocenters. The van der Waals surface area contributed by atoms with E-state index in [1.807, 2.05) is 0 Å². The van der Waals surface area contributed by atoms with Gasteiger partial charge >= 0.3 is 0 Å². The molecule has 0 heterocycles. The van der Waals surface area contributed by atoms with Crippen LogP contribution in [0.15, 0.2) is 18.2 Å². The zero-order valence-electron chi connectivity index (χ0n) is 8.83. The second-order valence-corrected chi connectivity index (χ2v) is 3.24. The Labute approximate surface area is 92.2 Å². The molecule has 0 aromatic heterocycles. The number of benzene rings is 1. The Balaban J connectivity index is 2.77. The summed E-state index contributed by atoms with van der Waals surface area (Å²) in [6, 6.07) is 3.90. The number of hydrogen-bond acceptors (Lipinski definition) is 3. The van der Waals surface area contributed by atoms with E-state index in [0.29, 0.717) is 0 Å². The minimum Gasteiger partial charge on any atom is -0.494 e. The van der Waals surface area contributed by atoms with Crippen LogP contribution in [0.3, 0.4) is 0 Å². The molecule has 0 saturated carbocycles. The number of halogens is 1. The number of Topliss-reactive ketones (excluding diaryl/α,β-unsaturated/α-hetero) is 1. The molecular weight excluding hydrogens is 213 g/mol. The third-order valence-corrected chi connectivity index (χ3v) is 2.07. The first-order chi connectivity index (χ1) is 7.54. The van der Waals surface area contributed by atoms with Crippen molar-refractivity contribution in [2.75, 3.05) is 7.11 Å². The second-order valence-electron chi connectivity index (χ2n) is 3.24. The van der Waals surface area contributed by atoms with E-state index in [0.717, 1.165) is 6.07 Å². The van der Waals surface area contributed by atoms with E-state index in [9.17, 15) is 14.0 Å². The minimum atomic E-state index is -0.604. The number of ether oxygens (including phenoxy) is 1. The molecule has 0 aliphatic carbocycles. The van der Waals surface area contributed by atoms with Crippen LogP contribution in [-0.4, -0.2) is 18.8 Å². The van der Waals surface area contributed by atoms with Crippen LogP contribution < -0.4 is 10.5 Å². The predicted molar refractivity (Wildman–Crippen MR) is 55.7 cm³/mol. The summed E-state index contributed by atoms with van der Waals surface area (Å²) in [6.07, 6.45) is -0.0480. The molecule has 5 heteroatoms. The van der Waals surface area contributed by atoms with Crippen LogP contribution in [-0.2, 0) is 4.79 Å². The van der Waals surface area contributed by atoms with Crippen molar-refractivity contribution in [3.8, 4) is 5.75 Å². The standard InChI is InChI=1S/C11H12FNO3/c1-16-10-4-2-7(6-8(10)12)9(14)3-5-11(13)15/h2,4,6H,3,5H2,1H3,(H2,13,15). The lowest BCUT2D eigenvalue weighted by molar-refractivity contribution is -0.118. The average molecular weight is 225 g/mol. The number of amides is 1. The molecule has 0 aliphatic heterocycles. The smallest absolute Gasteiger partial charge is 0.217 e. The third-order valence-electron chi connectivity index (χ3n) is 2.07. The van der Waals surface area contributed by atoms with Gasteiger partial charge in [0.2, 0.25) is 5.91 Å². The zero-order chi connectivity index (χ0) is 12.1. The first kappa shape index (κ1) is 12.2. The molecule has 0 fully saturated rings. The first-order valence-electron chi connectivity index (χ1n) is 4.69. The van der Waals surface area contributed by atoms with Crippen molar-refractivity contribution in [2.45, 2.75) is 12.8 Å². The van der Waals surface area contributed by atoms with E-state index in [2.05, 4.69) is 0 Å². The lowest BCUT2D eigenvalue weighted by atomic mass is 10.1. The highest BCUT2D eigenvalue weighted by Gasteiger charge is 2.10. The molecule has 1 amide bonds. The van der Waals surface area contributed by atoms with Gasteiger partial charge in [0.25, 0.3) is 0 Å². The molecule has 1 aromatic rings. The number of primary amides is 1. The summed E-state index contributed by atoms with van der Waals surface area (Å²) < 4.78 is 18.0. The maximum Gasteiger partial charge on any atom is 0.217 e. The maximum atomic E-state index is 13.2. The number of ketones is 1. The van der Waals surface area contributed by atoms with Gasteiger partial charge in [-0.25, -0.2) is 4.39 Å². The third kappa shape index (κ3) is 3.05.